The summed E-state index contributed by atoms with van der Waals surface area (Å²) in [7, 11) is 0. The van der Waals surface area contributed by atoms with Gasteiger partial charge in [-0.2, -0.15) is 0 Å². The minimum absolute atomic E-state index is 0.644. The molecule has 0 fully saturated rings. The van der Waals surface area contributed by atoms with Crippen molar-refractivity contribution >= 4 is 32.6 Å². The molecular formula is C8H7BrN2O. The summed E-state index contributed by atoms with van der Waals surface area (Å²) in [5.74, 6) is 0. The lowest BCUT2D eigenvalue weighted by molar-refractivity contribution is 0.583. The summed E-state index contributed by atoms with van der Waals surface area (Å²) < 4.78 is 6.03. The number of aromatic nitrogens is 1. The van der Waals surface area contributed by atoms with Crippen molar-refractivity contribution in [3.8, 4) is 0 Å². The van der Waals surface area contributed by atoms with Gasteiger partial charge in [0.25, 0.3) is 0 Å². The Morgan fingerprint density at radius 1 is 1.58 bits per heavy atom. The van der Waals surface area contributed by atoms with Crippen LogP contribution in [0.1, 0.15) is 5.69 Å². The monoisotopic (exact) mass is 226 g/mol. The first-order valence-corrected chi connectivity index (χ1v) is 4.28. The maximum absolute atomic E-state index is 5.70. The van der Waals surface area contributed by atoms with E-state index >= 15 is 0 Å². The third kappa shape index (κ3) is 0.992. The van der Waals surface area contributed by atoms with Crippen LogP contribution >= 0.6 is 15.9 Å². The Labute approximate surface area is 77.7 Å². The fourth-order valence-corrected chi connectivity index (χ4v) is 1.53. The van der Waals surface area contributed by atoms with Gasteiger partial charge in [-0.1, -0.05) is 0 Å². The summed E-state index contributed by atoms with van der Waals surface area (Å²) >= 11 is 3.24. The number of aryl methyl sites for hydroxylation is 1. The Balaban J connectivity index is 2.93. The summed E-state index contributed by atoms with van der Waals surface area (Å²) in [5, 5.41) is 0.911. The van der Waals surface area contributed by atoms with E-state index in [2.05, 4.69) is 20.9 Å². The first-order chi connectivity index (χ1) is 5.68. The van der Waals surface area contributed by atoms with Crippen LogP contribution in [0, 0.1) is 6.92 Å². The van der Waals surface area contributed by atoms with Crippen molar-refractivity contribution in [3.05, 3.63) is 22.6 Å². The van der Waals surface area contributed by atoms with Crippen molar-refractivity contribution in [1.82, 2.24) is 4.98 Å². The third-order valence-corrected chi connectivity index (χ3v) is 2.13. The molecule has 0 unspecified atom stereocenters. The van der Waals surface area contributed by atoms with Crippen LogP contribution in [0.4, 0.5) is 5.69 Å². The number of nitrogens with zero attached hydrogens (tertiary/aromatic N) is 1. The Kier molecular flexibility index (Phi) is 1.58. The zero-order valence-corrected chi connectivity index (χ0v) is 8.05. The number of nitrogen functional groups attached to an aromatic ring is 1. The lowest BCUT2D eigenvalue weighted by Gasteiger charge is -1.95. The van der Waals surface area contributed by atoms with Crippen LogP contribution in [0.2, 0.25) is 0 Å². The predicted molar refractivity (Wildman–Crippen MR) is 50.9 cm³/mol. The Hall–Kier alpha value is -1.03. The SMILES string of the molecule is Cc1ncc(N)c2cc(Br)oc12. The molecule has 0 amide bonds. The molecule has 0 spiro atoms. The minimum atomic E-state index is 0.644. The summed E-state index contributed by atoms with van der Waals surface area (Å²) in [4.78, 5) is 4.08. The van der Waals surface area contributed by atoms with E-state index in [1.54, 1.807) is 6.20 Å². The average molecular weight is 227 g/mol. The van der Waals surface area contributed by atoms with Gasteiger partial charge in [-0.3, -0.25) is 4.98 Å². The van der Waals surface area contributed by atoms with E-state index in [4.69, 9.17) is 10.2 Å². The molecular weight excluding hydrogens is 220 g/mol. The van der Waals surface area contributed by atoms with Gasteiger partial charge in [0, 0.05) is 11.5 Å². The molecule has 2 N–H and O–H groups in total. The van der Waals surface area contributed by atoms with E-state index in [1.165, 1.54) is 0 Å². The van der Waals surface area contributed by atoms with Gasteiger partial charge in [0.15, 0.2) is 10.3 Å². The molecule has 0 aromatic carbocycles. The molecule has 2 aromatic heterocycles. The maximum Gasteiger partial charge on any atom is 0.170 e. The van der Waals surface area contributed by atoms with Crippen LogP contribution in [-0.4, -0.2) is 4.98 Å². The number of fused-ring (bicyclic) bond motifs is 1. The highest BCUT2D eigenvalue weighted by Gasteiger charge is 2.07. The molecule has 2 rings (SSSR count). The van der Waals surface area contributed by atoms with E-state index in [0.29, 0.717) is 10.4 Å². The van der Waals surface area contributed by atoms with Crippen LogP contribution in [0.25, 0.3) is 11.0 Å². The molecule has 2 heterocycles. The van der Waals surface area contributed by atoms with Gasteiger partial charge < -0.3 is 10.2 Å². The lowest BCUT2D eigenvalue weighted by Crippen LogP contribution is -1.88. The molecule has 3 nitrogen and oxygen atoms in total. The quantitative estimate of drug-likeness (QED) is 0.752. The minimum Gasteiger partial charge on any atom is -0.447 e. The summed E-state index contributed by atoms with van der Waals surface area (Å²) in [6.45, 7) is 1.89. The standard InChI is InChI=1S/C8H7BrN2O/c1-4-8-5(2-7(9)12-8)6(10)3-11-4/h2-3H,10H2,1H3. The second-order valence-corrected chi connectivity index (χ2v) is 3.37. The van der Waals surface area contributed by atoms with E-state index in [9.17, 15) is 0 Å². The van der Waals surface area contributed by atoms with Crippen LogP contribution in [0.5, 0.6) is 0 Å². The van der Waals surface area contributed by atoms with Crippen molar-refractivity contribution in [2.45, 2.75) is 6.92 Å². The van der Waals surface area contributed by atoms with Crippen molar-refractivity contribution in [2.24, 2.45) is 0 Å². The van der Waals surface area contributed by atoms with Crippen molar-refractivity contribution in [3.63, 3.8) is 0 Å². The fourth-order valence-electron chi connectivity index (χ4n) is 1.14. The van der Waals surface area contributed by atoms with Gasteiger partial charge in [0.1, 0.15) is 0 Å². The topological polar surface area (TPSA) is 52.0 Å². The molecule has 2 aromatic rings. The smallest absolute Gasteiger partial charge is 0.170 e. The highest BCUT2D eigenvalue weighted by molar-refractivity contribution is 9.10. The number of hydrogen-bond donors (Lipinski definition) is 1. The normalized spacial score (nSPS) is 10.8. The third-order valence-electron chi connectivity index (χ3n) is 1.74. The predicted octanol–water partition coefficient (Wildman–Crippen LogP) is 2.48. The van der Waals surface area contributed by atoms with Gasteiger partial charge in [0.05, 0.1) is 17.6 Å². The second kappa shape index (κ2) is 2.48. The molecule has 12 heavy (non-hydrogen) atoms. The maximum atomic E-state index is 5.70. The Morgan fingerprint density at radius 3 is 3.00 bits per heavy atom. The van der Waals surface area contributed by atoms with Gasteiger partial charge in [0.2, 0.25) is 0 Å². The van der Waals surface area contributed by atoms with Gasteiger partial charge in [-0.05, 0) is 22.9 Å². The fraction of sp³-hybridized carbons (Fsp3) is 0.125. The van der Waals surface area contributed by atoms with E-state index < -0.39 is 0 Å². The Morgan fingerprint density at radius 2 is 2.33 bits per heavy atom. The molecule has 0 aliphatic heterocycles. The van der Waals surface area contributed by atoms with Crippen LogP contribution in [-0.2, 0) is 0 Å². The van der Waals surface area contributed by atoms with E-state index in [0.717, 1.165) is 16.7 Å². The largest absolute Gasteiger partial charge is 0.447 e. The first kappa shape index (κ1) is 7.61. The molecule has 0 saturated carbocycles. The first-order valence-electron chi connectivity index (χ1n) is 3.48. The number of nitrogens with two attached hydrogens (primary N) is 1. The van der Waals surface area contributed by atoms with Gasteiger partial charge in [-0.15, -0.1) is 0 Å². The van der Waals surface area contributed by atoms with Gasteiger partial charge in [-0.25, -0.2) is 0 Å². The molecule has 0 aliphatic rings. The summed E-state index contributed by atoms with van der Waals surface area (Å²) in [6, 6.07) is 1.85. The Bertz CT molecular complexity index is 397. The number of anilines is 1. The molecule has 4 heteroatoms. The number of pyridine rings is 1. The number of rotatable bonds is 0. The van der Waals surface area contributed by atoms with Crippen molar-refractivity contribution in [2.75, 3.05) is 5.73 Å². The molecule has 0 atom stereocenters. The molecule has 62 valence electrons. The van der Waals surface area contributed by atoms with Crippen LogP contribution in [0.3, 0.4) is 0 Å². The van der Waals surface area contributed by atoms with E-state index in [1.807, 2.05) is 13.0 Å². The second-order valence-electron chi connectivity index (χ2n) is 2.59. The zero-order chi connectivity index (χ0) is 8.72. The molecule has 0 saturated heterocycles. The molecule has 0 radical (unpaired) electrons. The van der Waals surface area contributed by atoms with Crippen LogP contribution in [0.15, 0.2) is 21.3 Å². The number of hydrogen-bond acceptors (Lipinski definition) is 3. The zero-order valence-electron chi connectivity index (χ0n) is 6.47. The number of halogens is 1. The van der Waals surface area contributed by atoms with Crippen molar-refractivity contribution < 1.29 is 4.42 Å². The van der Waals surface area contributed by atoms with Gasteiger partial charge >= 0.3 is 0 Å². The van der Waals surface area contributed by atoms with Crippen molar-refractivity contribution in [1.29, 1.82) is 0 Å². The summed E-state index contributed by atoms with van der Waals surface area (Å²) in [6.07, 6.45) is 1.64. The lowest BCUT2D eigenvalue weighted by atomic mass is 10.2. The average Bonchev–Trinajstić information content (AvgIpc) is 2.41. The van der Waals surface area contributed by atoms with Crippen LogP contribution < -0.4 is 5.73 Å². The summed E-state index contributed by atoms with van der Waals surface area (Å²) in [5.41, 5.74) is 7.94. The number of furan rings is 1. The highest BCUT2D eigenvalue weighted by Crippen LogP contribution is 2.28. The molecule has 0 aliphatic carbocycles. The highest BCUT2D eigenvalue weighted by atomic mass is 79.9. The molecule has 0 bridgehead atoms. The van der Waals surface area contributed by atoms with E-state index in [-0.39, 0.29) is 0 Å².